The molecular formula is C22H22INO3. The van der Waals surface area contributed by atoms with Crippen LogP contribution in [0.1, 0.15) is 25.1 Å². The third kappa shape index (κ3) is 4.86. The van der Waals surface area contributed by atoms with Gasteiger partial charge in [0, 0.05) is 30.5 Å². The molecule has 0 fully saturated rings. The Hall–Kier alpha value is -2.41. The number of fused-ring (bicyclic) bond motifs is 1. The van der Waals surface area contributed by atoms with Crippen LogP contribution in [-0.4, -0.2) is 13.1 Å². The maximum atomic E-state index is 11.2. The van der Waals surface area contributed by atoms with Gasteiger partial charge in [-0.3, -0.25) is 4.79 Å². The number of para-hydroxylation sites is 1. The van der Waals surface area contributed by atoms with E-state index in [1.165, 1.54) is 17.8 Å². The first-order valence-electron chi connectivity index (χ1n) is 8.58. The molecule has 3 rings (SSSR count). The lowest BCUT2D eigenvalue weighted by atomic mass is 10.1. The second-order valence-electron chi connectivity index (χ2n) is 5.90. The molecule has 0 saturated carbocycles. The second-order valence-corrected chi connectivity index (χ2v) is 5.90. The van der Waals surface area contributed by atoms with Crippen molar-refractivity contribution in [2.75, 3.05) is 7.11 Å². The molecule has 0 radical (unpaired) electrons. The number of aromatic nitrogens is 1. The second kappa shape index (κ2) is 9.50. The molecule has 27 heavy (non-hydrogen) atoms. The summed E-state index contributed by atoms with van der Waals surface area (Å²) in [6.45, 7) is 4.40. The topological polar surface area (TPSA) is 39.4 Å². The van der Waals surface area contributed by atoms with Crippen LogP contribution in [0.3, 0.4) is 0 Å². The zero-order valence-corrected chi connectivity index (χ0v) is 17.8. The normalized spacial score (nSPS) is 10.6. The molecule has 140 valence electrons. The number of methoxy groups -OCH3 is 1. The summed E-state index contributed by atoms with van der Waals surface area (Å²) in [5, 5.41) is 1.22. The van der Waals surface area contributed by atoms with Crippen molar-refractivity contribution in [2.24, 2.45) is 0 Å². The Morgan fingerprint density at radius 1 is 1.04 bits per heavy atom. The molecule has 0 unspecified atom stereocenters. The van der Waals surface area contributed by atoms with E-state index in [0.717, 1.165) is 17.8 Å². The fraction of sp³-hybridized carbons (Fsp3) is 0.182. The number of pyridine rings is 1. The molecule has 1 heterocycles. The summed E-state index contributed by atoms with van der Waals surface area (Å²) in [4.78, 5) is 11.2. The van der Waals surface area contributed by atoms with Crippen molar-refractivity contribution in [2.45, 2.75) is 20.4 Å². The summed E-state index contributed by atoms with van der Waals surface area (Å²) >= 11 is 0. The summed E-state index contributed by atoms with van der Waals surface area (Å²) in [6, 6.07) is 18.1. The fourth-order valence-electron chi connectivity index (χ4n) is 2.99. The van der Waals surface area contributed by atoms with E-state index in [0.29, 0.717) is 11.5 Å². The Balaban J connectivity index is 0.00000261. The molecule has 0 atom stereocenters. The molecule has 0 aliphatic rings. The van der Waals surface area contributed by atoms with Crippen molar-refractivity contribution in [3.8, 4) is 11.5 Å². The third-order valence-electron chi connectivity index (χ3n) is 4.18. The quantitative estimate of drug-likeness (QED) is 0.242. The van der Waals surface area contributed by atoms with Gasteiger partial charge in [0.1, 0.15) is 6.54 Å². The van der Waals surface area contributed by atoms with E-state index in [1.807, 2.05) is 18.2 Å². The molecule has 4 nitrogen and oxygen atoms in total. The maximum Gasteiger partial charge on any atom is 0.308 e. The van der Waals surface area contributed by atoms with E-state index < -0.39 is 0 Å². The number of esters is 1. The predicted molar refractivity (Wildman–Crippen MR) is 103 cm³/mol. The monoisotopic (exact) mass is 475 g/mol. The highest BCUT2D eigenvalue weighted by atomic mass is 127. The van der Waals surface area contributed by atoms with Gasteiger partial charge in [0.2, 0.25) is 11.2 Å². The van der Waals surface area contributed by atoms with Crippen molar-refractivity contribution >= 4 is 29.0 Å². The summed E-state index contributed by atoms with van der Waals surface area (Å²) in [6.07, 6.45) is 4.10. The lowest BCUT2D eigenvalue weighted by Crippen LogP contribution is -3.00. The zero-order chi connectivity index (χ0) is 18.5. The van der Waals surface area contributed by atoms with Crippen LogP contribution >= 0.6 is 0 Å². The third-order valence-corrected chi connectivity index (χ3v) is 4.18. The average Bonchev–Trinajstić information content (AvgIpc) is 2.66. The van der Waals surface area contributed by atoms with Gasteiger partial charge in [0.15, 0.2) is 11.5 Å². The number of rotatable bonds is 5. The average molecular weight is 475 g/mol. The number of hydrogen-bond donors (Lipinski definition) is 0. The van der Waals surface area contributed by atoms with Gasteiger partial charge < -0.3 is 33.5 Å². The molecule has 0 amide bonds. The number of halogens is 1. The number of ether oxygens (including phenoxy) is 2. The minimum absolute atomic E-state index is 0. The molecule has 0 N–H and O–H groups in total. The van der Waals surface area contributed by atoms with Crippen LogP contribution in [0, 0.1) is 0 Å². The van der Waals surface area contributed by atoms with Crippen molar-refractivity contribution in [3.05, 3.63) is 65.9 Å². The van der Waals surface area contributed by atoms with Gasteiger partial charge in [-0.1, -0.05) is 18.2 Å². The number of benzene rings is 2. The summed E-state index contributed by atoms with van der Waals surface area (Å²) in [5.41, 5.74) is 3.29. The number of carbonyl (C=O) groups excluding carboxylic acids is 1. The molecule has 3 aromatic rings. The SMILES string of the molecule is CC[n+]1c(/C=C/c2ccc(OC(C)=O)c(OC)c2)ccc2ccccc21.[I-]. The van der Waals surface area contributed by atoms with E-state index in [1.54, 1.807) is 13.2 Å². The minimum atomic E-state index is -0.369. The lowest BCUT2D eigenvalue weighted by molar-refractivity contribution is -0.669. The number of aryl methyl sites for hydroxylation is 1. The Morgan fingerprint density at radius 2 is 1.81 bits per heavy atom. The van der Waals surface area contributed by atoms with Crippen molar-refractivity contribution in [3.63, 3.8) is 0 Å². The van der Waals surface area contributed by atoms with Crippen molar-refractivity contribution < 1.29 is 42.8 Å². The van der Waals surface area contributed by atoms with E-state index in [4.69, 9.17) is 9.47 Å². The standard InChI is InChI=1S/C22H22NO3.HI/c1-4-23-19(13-11-18-7-5-6-8-20(18)23)12-9-17-10-14-21(26-16(2)24)22(15-17)25-3;/h5-15H,4H2,1-3H3;1H/q+1;/p-1/b12-9+;. The lowest BCUT2D eigenvalue weighted by Gasteiger charge is -2.08. The van der Waals surface area contributed by atoms with E-state index in [9.17, 15) is 4.79 Å². The highest BCUT2D eigenvalue weighted by Crippen LogP contribution is 2.29. The zero-order valence-electron chi connectivity index (χ0n) is 15.6. The Labute approximate surface area is 176 Å². The molecule has 1 aromatic heterocycles. The first-order valence-corrected chi connectivity index (χ1v) is 8.58. The first-order chi connectivity index (χ1) is 12.6. The van der Waals surface area contributed by atoms with Crippen LogP contribution < -0.4 is 38.0 Å². The van der Waals surface area contributed by atoms with Crippen LogP contribution in [0.4, 0.5) is 0 Å². The largest absolute Gasteiger partial charge is 1.00 e. The molecular weight excluding hydrogens is 453 g/mol. The predicted octanol–water partition coefficient (Wildman–Crippen LogP) is 1.26. The summed E-state index contributed by atoms with van der Waals surface area (Å²) < 4.78 is 12.7. The van der Waals surface area contributed by atoms with Crippen LogP contribution in [-0.2, 0) is 11.3 Å². The summed E-state index contributed by atoms with van der Waals surface area (Å²) in [5.74, 6) is 0.586. The Kier molecular flexibility index (Phi) is 7.36. The Bertz CT molecular complexity index is 982. The van der Waals surface area contributed by atoms with Crippen LogP contribution in [0.5, 0.6) is 11.5 Å². The van der Waals surface area contributed by atoms with E-state index in [-0.39, 0.29) is 29.9 Å². The van der Waals surface area contributed by atoms with Crippen LogP contribution in [0.2, 0.25) is 0 Å². The highest BCUT2D eigenvalue weighted by molar-refractivity contribution is 5.77. The van der Waals surface area contributed by atoms with Gasteiger partial charge in [-0.25, -0.2) is 0 Å². The van der Waals surface area contributed by atoms with Crippen LogP contribution in [0.15, 0.2) is 54.6 Å². The number of hydrogen-bond acceptors (Lipinski definition) is 3. The molecule has 0 aliphatic carbocycles. The first kappa shape index (κ1) is 20.9. The van der Waals surface area contributed by atoms with Gasteiger partial charge in [-0.05, 0) is 42.8 Å². The van der Waals surface area contributed by atoms with Crippen LogP contribution in [0.25, 0.3) is 23.1 Å². The fourth-order valence-corrected chi connectivity index (χ4v) is 2.99. The molecule has 2 aromatic carbocycles. The summed E-state index contributed by atoms with van der Waals surface area (Å²) in [7, 11) is 1.56. The number of nitrogens with zero attached hydrogens (tertiary/aromatic N) is 1. The molecule has 5 heteroatoms. The molecule has 0 aliphatic heterocycles. The Morgan fingerprint density at radius 3 is 2.52 bits per heavy atom. The van der Waals surface area contributed by atoms with Gasteiger partial charge in [-0.15, -0.1) is 0 Å². The van der Waals surface area contributed by atoms with E-state index in [2.05, 4.69) is 54.0 Å². The smallest absolute Gasteiger partial charge is 0.308 e. The highest BCUT2D eigenvalue weighted by Gasteiger charge is 2.11. The van der Waals surface area contributed by atoms with Crippen molar-refractivity contribution in [1.82, 2.24) is 0 Å². The van der Waals surface area contributed by atoms with Gasteiger partial charge >= 0.3 is 5.97 Å². The van der Waals surface area contributed by atoms with Gasteiger partial charge in [0.05, 0.1) is 7.11 Å². The molecule has 0 spiro atoms. The number of carbonyl (C=O) groups is 1. The molecule has 0 saturated heterocycles. The maximum absolute atomic E-state index is 11.2. The minimum Gasteiger partial charge on any atom is -1.00 e. The van der Waals surface area contributed by atoms with Crippen molar-refractivity contribution in [1.29, 1.82) is 0 Å². The van der Waals surface area contributed by atoms with Gasteiger partial charge in [0.25, 0.3) is 0 Å². The van der Waals surface area contributed by atoms with E-state index >= 15 is 0 Å². The molecule has 0 bridgehead atoms. The van der Waals surface area contributed by atoms with Gasteiger partial charge in [-0.2, -0.15) is 4.57 Å².